The Bertz CT molecular complexity index is 575. The van der Waals surface area contributed by atoms with Gasteiger partial charge in [-0.1, -0.05) is 22.0 Å². The zero-order valence-electron chi connectivity index (χ0n) is 10.3. The summed E-state index contributed by atoms with van der Waals surface area (Å²) in [5.74, 6) is -0.691. The van der Waals surface area contributed by atoms with Gasteiger partial charge in [0.25, 0.3) is 0 Å². The Morgan fingerprint density at radius 3 is 2.68 bits per heavy atom. The molecule has 1 N–H and O–H groups in total. The normalized spacial score (nSPS) is 12.4. The van der Waals surface area contributed by atoms with Crippen LogP contribution in [0.25, 0.3) is 0 Å². The van der Waals surface area contributed by atoms with Gasteiger partial charge in [0.2, 0.25) is 0 Å². The van der Waals surface area contributed by atoms with Crippen LogP contribution in [0.3, 0.4) is 0 Å². The van der Waals surface area contributed by atoms with E-state index in [0.717, 1.165) is 6.20 Å². The Morgan fingerprint density at radius 2 is 2.05 bits per heavy atom. The van der Waals surface area contributed by atoms with E-state index in [0.29, 0.717) is 22.0 Å². The Hall–Kier alpha value is -1.33. The van der Waals surface area contributed by atoms with E-state index in [1.54, 1.807) is 25.2 Å². The molecule has 0 bridgehead atoms. The highest BCUT2D eigenvalue weighted by Gasteiger charge is 2.16. The molecule has 2 rings (SSSR count). The second kappa shape index (κ2) is 6.21. The predicted octanol–water partition coefficient (Wildman–Crippen LogP) is 3.63. The lowest BCUT2D eigenvalue weighted by molar-refractivity contribution is 0.517. The van der Waals surface area contributed by atoms with Crippen molar-refractivity contribution in [2.45, 2.75) is 12.5 Å². The van der Waals surface area contributed by atoms with Crippen LogP contribution in [0.2, 0.25) is 0 Å². The van der Waals surface area contributed by atoms with Crippen LogP contribution in [0, 0.1) is 11.6 Å². The van der Waals surface area contributed by atoms with Crippen molar-refractivity contribution in [2.75, 3.05) is 7.05 Å². The maximum absolute atomic E-state index is 13.8. The number of rotatable bonds is 4. The van der Waals surface area contributed by atoms with Crippen molar-refractivity contribution in [3.05, 3.63) is 63.9 Å². The molecule has 0 aliphatic rings. The average Bonchev–Trinajstić information content (AvgIpc) is 2.39. The first kappa shape index (κ1) is 14.1. The van der Waals surface area contributed by atoms with Crippen molar-refractivity contribution in [1.82, 2.24) is 10.3 Å². The third-order valence-corrected chi connectivity index (χ3v) is 3.46. The fourth-order valence-electron chi connectivity index (χ4n) is 1.94. The number of aromatic nitrogens is 1. The molecule has 1 aromatic heterocycles. The molecule has 0 aliphatic carbocycles. The number of likely N-dealkylation sites (N-methyl/N-ethyl adjacent to an activating group) is 1. The van der Waals surface area contributed by atoms with E-state index in [2.05, 4.69) is 26.2 Å². The number of hydrogen-bond acceptors (Lipinski definition) is 2. The topological polar surface area (TPSA) is 24.9 Å². The van der Waals surface area contributed by atoms with Gasteiger partial charge >= 0.3 is 0 Å². The van der Waals surface area contributed by atoms with Crippen LogP contribution < -0.4 is 5.32 Å². The summed E-state index contributed by atoms with van der Waals surface area (Å²) in [7, 11) is 1.72. The quantitative estimate of drug-likeness (QED) is 0.928. The van der Waals surface area contributed by atoms with Gasteiger partial charge in [0, 0.05) is 22.3 Å². The van der Waals surface area contributed by atoms with Crippen LogP contribution in [0.5, 0.6) is 0 Å². The fourth-order valence-corrected chi connectivity index (χ4v) is 2.28. The van der Waals surface area contributed by atoms with E-state index in [-0.39, 0.29) is 17.7 Å². The van der Waals surface area contributed by atoms with E-state index in [4.69, 9.17) is 0 Å². The molecule has 5 heteroatoms. The molecule has 1 atom stereocenters. The highest BCUT2D eigenvalue weighted by molar-refractivity contribution is 9.10. The van der Waals surface area contributed by atoms with Crippen LogP contribution in [-0.4, -0.2) is 12.0 Å². The monoisotopic (exact) mass is 326 g/mol. The van der Waals surface area contributed by atoms with E-state index < -0.39 is 0 Å². The van der Waals surface area contributed by atoms with Crippen molar-refractivity contribution in [3.63, 3.8) is 0 Å². The van der Waals surface area contributed by atoms with Crippen LogP contribution in [0.15, 0.2) is 41.1 Å². The number of pyridine rings is 1. The van der Waals surface area contributed by atoms with E-state index >= 15 is 0 Å². The fraction of sp³-hybridized carbons (Fsp3) is 0.214. The molecule has 1 heterocycles. The smallest absolute Gasteiger partial charge is 0.146 e. The Labute approximate surface area is 119 Å². The van der Waals surface area contributed by atoms with Gasteiger partial charge in [0.15, 0.2) is 0 Å². The summed E-state index contributed by atoms with van der Waals surface area (Å²) < 4.78 is 28.2. The van der Waals surface area contributed by atoms with Gasteiger partial charge in [0.05, 0.1) is 6.20 Å². The van der Waals surface area contributed by atoms with Gasteiger partial charge < -0.3 is 5.32 Å². The van der Waals surface area contributed by atoms with E-state index in [9.17, 15) is 8.78 Å². The highest BCUT2D eigenvalue weighted by Crippen LogP contribution is 2.23. The summed E-state index contributed by atoms with van der Waals surface area (Å²) in [5.41, 5.74) is 1.03. The number of nitrogens with one attached hydrogen (secondary N) is 1. The summed E-state index contributed by atoms with van der Waals surface area (Å²) in [6.07, 6.45) is 3.06. The van der Waals surface area contributed by atoms with Gasteiger partial charge in [-0.05, 0) is 37.2 Å². The minimum Gasteiger partial charge on any atom is -0.313 e. The zero-order chi connectivity index (χ0) is 13.8. The van der Waals surface area contributed by atoms with Crippen LogP contribution >= 0.6 is 15.9 Å². The molecule has 100 valence electrons. The van der Waals surface area contributed by atoms with E-state index in [1.165, 1.54) is 12.3 Å². The van der Waals surface area contributed by atoms with Crippen LogP contribution in [0.4, 0.5) is 8.78 Å². The molecule has 0 aliphatic heterocycles. The number of nitrogens with zero attached hydrogens (tertiary/aromatic N) is 1. The third-order valence-electron chi connectivity index (χ3n) is 2.97. The number of hydrogen-bond donors (Lipinski definition) is 1. The first-order valence-corrected chi connectivity index (χ1v) is 6.61. The summed E-state index contributed by atoms with van der Waals surface area (Å²) in [6.45, 7) is 0. The van der Waals surface area contributed by atoms with Crippen molar-refractivity contribution >= 4 is 15.9 Å². The van der Waals surface area contributed by atoms with Gasteiger partial charge in [0.1, 0.15) is 11.6 Å². The van der Waals surface area contributed by atoms with Crippen LogP contribution in [-0.2, 0) is 6.42 Å². The second-order valence-corrected chi connectivity index (χ2v) is 5.09. The summed E-state index contributed by atoms with van der Waals surface area (Å²) in [6, 6.07) is 6.19. The average molecular weight is 327 g/mol. The number of benzene rings is 1. The molecule has 2 aromatic rings. The standard InChI is InChI=1S/C14H13BrF2N2/c1-18-14(11-4-5-19-8-13(11)17)6-9-2-3-10(15)7-12(9)16/h2-5,7-8,14,18H,6H2,1H3. The SMILES string of the molecule is CNC(Cc1ccc(Br)cc1F)c1ccncc1F. The maximum Gasteiger partial charge on any atom is 0.146 e. The predicted molar refractivity (Wildman–Crippen MR) is 73.8 cm³/mol. The molecule has 0 spiro atoms. The Kier molecular flexibility index (Phi) is 4.61. The molecule has 0 fully saturated rings. The lowest BCUT2D eigenvalue weighted by Crippen LogP contribution is -2.20. The lowest BCUT2D eigenvalue weighted by atomic mass is 9.99. The zero-order valence-corrected chi connectivity index (χ0v) is 11.9. The van der Waals surface area contributed by atoms with Crippen molar-refractivity contribution in [3.8, 4) is 0 Å². The summed E-state index contributed by atoms with van der Waals surface area (Å²) >= 11 is 3.21. The van der Waals surface area contributed by atoms with Crippen LogP contribution in [0.1, 0.15) is 17.2 Å². The lowest BCUT2D eigenvalue weighted by Gasteiger charge is -2.17. The molecule has 0 amide bonds. The Balaban J connectivity index is 2.27. The van der Waals surface area contributed by atoms with Gasteiger partial charge in [-0.15, -0.1) is 0 Å². The van der Waals surface area contributed by atoms with Crippen molar-refractivity contribution < 1.29 is 8.78 Å². The van der Waals surface area contributed by atoms with Gasteiger partial charge in [-0.2, -0.15) is 0 Å². The molecule has 1 aromatic carbocycles. The molecular formula is C14H13BrF2N2. The summed E-state index contributed by atoms with van der Waals surface area (Å²) in [4.78, 5) is 3.71. The first-order valence-electron chi connectivity index (χ1n) is 5.82. The molecule has 0 saturated carbocycles. The second-order valence-electron chi connectivity index (χ2n) is 4.18. The molecular weight excluding hydrogens is 314 g/mol. The minimum absolute atomic E-state index is 0.293. The highest BCUT2D eigenvalue weighted by atomic mass is 79.9. The molecule has 0 radical (unpaired) electrons. The van der Waals surface area contributed by atoms with Gasteiger partial charge in [-0.3, -0.25) is 4.98 Å². The molecule has 1 unspecified atom stereocenters. The maximum atomic E-state index is 13.8. The third kappa shape index (κ3) is 3.36. The van der Waals surface area contributed by atoms with Crippen molar-refractivity contribution in [2.24, 2.45) is 0 Å². The molecule has 19 heavy (non-hydrogen) atoms. The molecule has 0 saturated heterocycles. The van der Waals surface area contributed by atoms with E-state index in [1.807, 2.05) is 0 Å². The minimum atomic E-state index is -0.389. The summed E-state index contributed by atoms with van der Waals surface area (Å²) in [5, 5.41) is 3.00. The number of halogens is 3. The molecule has 2 nitrogen and oxygen atoms in total. The first-order chi connectivity index (χ1) is 9.11. The van der Waals surface area contributed by atoms with Gasteiger partial charge in [-0.25, -0.2) is 8.78 Å². The Morgan fingerprint density at radius 1 is 1.26 bits per heavy atom. The largest absolute Gasteiger partial charge is 0.313 e. The van der Waals surface area contributed by atoms with Crippen molar-refractivity contribution in [1.29, 1.82) is 0 Å².